The largest absolute Gasteiger partial charge is 0.489 e. The zero-order valence-electron chi connectivity index (χ0n) is 9.77. The lowest BCUT2D eigenvalue weighted by Gasteiger charge is -2.09. The first-order chi connectivity index (χ1) is 9.08. The molecule has 0 radical (unpaired) electrons. The van der Waals surface area contributed by atoms with Crippen LogP contribution in [0.1, 0.15) is 15.9 Å². The quantitative estimate of drug-likeness (QED) is 0.897. The third-order valence-electron chi connectivity index (χ3n) is 2.52. The average molecular weight is 342 g/mol. The van der Waals surface area contributed by atoms with Crippen molar-refractivity contribution in [2.45, 2.75) is 6.61 Å². The second-order valence-electron chi connectivity index (χ2n) is 3.83. The highest BCUT2D eigenvalue weighted by Gasteiger charge is 2.09. The van der Waals surface area contributed by atoms with Crippen molar-refractivity contribution in [1.82, 2.24) is 0 Å². The van der Waals surface area contributed by atoms with Gasteiger partial charge in [0, 0.05) is 10.0 Å². The third kappa shape index (κ3) is 3.49. The van der Waals surface area contributed by atoms with Crippen LogP contribution in [0.25, 0.3) is 0 Å². The molecule has 0 bridgehead atoms. The monoisotopic (exact) mass is 340 g/mol. The van der Waals surface area contributed by atoms with Crippen molar-refractivity contribution in [2.75, 3.05) is 0 Å². The van der Waals surface area contributed by atoms with E-state index >= 15 is 0 Å². The van der Waals surface area contributed by atoms with E-state index in [-0.39, 0.29) is 10.6 Å². The summed E-state index contributed by atoms with van der Waals surface area (Å²) in [4.78, 5) is 10.8. The number of hydrogen-bond donors (Lipinski definition) is 1. The number of halogens is 2. The smallest absolute Gasteiger partial charge is 0.337 e. The Balaban J connectivity index is 2.11. The molecule has 0 saturated carbocycles. The summed E-state index contributed by atoms with van der Waals surface area (Å²) in [6.07, 6.45) is 0. The first-order valence-electron chi connectivity index (χ1n) is 5.47. The minimum absolute atomic E-state index is 0.0647. The van der Waals surface area contributed by atoms with Gasteiger partial charge in [-0.05, 0) is 24.3 Å². The van der Waals surface area contributed by atoms with Crippen LogP contribution in [0.2, 0.25) is 5.02 Å². The van der Waals surface area contributed by atoms with Crippen molar-refractivity contribution in [3.63, 3.8) is 0 Å². The molecule has 1 N–H and O–H groups in total. The van der Waals surface area contributed by atoms with Gasteiger partial charge in [0.25, 0.3) is 0 Å². The second kappa shape index (κ2) is 6.08. The molecule has 0 heterocycles. The Kier molecular flexibility index (Phi) is 4.45. The number of benzene rings is 2. The molecule has 0 aliphatic rings. The molecule has 0 fully saturated rings. The van der Waals surface area contributed by atoms with Crippen LogP contribution in [-0.2, 0) is 6.61 Å². The van der Waals surface area contributed by atoms with Crippen LogP contribution in [-0.4, -0.2) is 11.1 Å². The first kappa shape index (κ1) is 13.9. The molecule has 2 aromatic rings. The molecular formula is C14H10BrClO3. The number of carboxylic acids is 1. The van der Waals surface area contributed by atoms with Crippen LogP contribution >= 0.6 is 27.5 Å². The van der Waals surface area contributed by atoms with Gasteiger partial charge in [-0.2, -0.15) is 0 Å². The van der Waals surface area contributed by atoms with Crippen LogP contribution in [0.5, 0.6) is 5.75 Å². The zero-order chi connectivity index (χ0) is 13.8. The van der Waals surface area contributed by atoms with Gasteiger partial charge >= 0.3 is 5.97 Å². The molecule has 0 aliphatic carbocycles. The highest BCUT2D eigenvalue weighted by molar-refractivity contribution is 9.10. The van der Waals surface area contributed by atoms with E-state index in [1.165, 1.54) is 12.1 Å². The summed E-state index contributed by atoms with van der Waals surface area (Å²) >= 11 is 9.30. The Hall–Kier alpha value is -1.52. The molecular weight excluding hydrogens is 332 g/mol. The van der Waals surface area contributed by atoms with E-state index < -0.39 is 5.97 Å². The van der Waals surface area contributed by atoms with Crippen LogP contribution in [0, 0.1) is 0 Å². The fraction of sp³-hybridized carbons (Fsp3) is 0.0714. The predicted molar refractivity (Wildman–Crippen MR) is 76.9 cm³/mol. The van der Waals surface area contributed by atoms with E-state index in [2.05, 4.69) is 15.9 Å². The number of hydrogen-bond acceptors (Lipinski definition) is 2. The van der Waals surface area contributed by atoms with Crippen molar-refractivity contribution in [3.8, 4) is 5.75 Å². The van der Waals surface area contributed by atoms with E-state index in [0.29, 0.717) is 12.4 Å². The van der Waals surface area contributed by atoms with Gasteiger partial charge in [-0.1, -0.05) is 45.7 Å². The number of carboxylic acid groups (broad SMARTS) is 1. The molecule has 5 heteroatoms. The maximum atomic E-state index is 10.8. The van der Waals surface area contributed by atoms with E-state index in [1.807, 2.05) is 24.3 Å². The molecule has 0 amide bonds. The fourth-order valence-corrected chi connectivity index (χ4v) is 2.19. The average Bonchev–Trinajstić information content (AvgIpc) is 2.37. The van der Waals surface area contributed by atoms with Crippen molar-refractivity contribution in [1.29, 1.82) is 0 Å². The Labute approximate surface area is 123 Å². The molecule has 2 aromatic carbocycles. The molecule has 98 valence electrons. The number of aromatic carboxylic acids is 1. The summed E-state index contributed by atoms with van der Waals surface area (Å²) in [5.74, 6) is -0.520. The molecule has 3 nitrogen and oxygen atoms in total. The lowest BCUT2D eigenvalue weighted by atomic mass is 10.2. The maximum absolute atomic E-state index is 10.8. The summed E-state index contributed by atoms with van der Waals surface area (Å²) in [5.41, 5.74) is 1.07. The fourth-order valence-electron chi connectivity index (χ4n) is 1.54. The Morgan fingerprint density at radius 1 is 1.26 bits per heavy atom. The van der Waals surface area contributed by atoms with Crippen molar-refractivity contribution in [3.05, 3.63) is 63.1 Å². The molecule has 0 atom stereocenters. The molecule has 0 spiro atoms. The molecule has 2 rings (SSSR count). The van der Waals surface area contributed by atoms with Crippen LogP contribution in [0.4, 0.5) is 0 Å². The van der Waals surface area contributed by atoms with Crippen molar-refractivity contribution >= 4 is 33.5 Å². The Morgan fingerprint density at radius 2 is 2.00 bits per heavy atom. The number of carbonyl (C=O) groups is 1. The standard InChI is InChI=1S/C14H10BrClO3/c15-12-4-2-1-3-9(12)8-19-10-5-6-11(14(17)18)13(16)7-10/h1-7H,8H2,(H,17,18). The lowest BCUT2D eigenvalue weighted by molar-refractivity contribution is 0.0697. The maximum Gasteiger partial charge on any atom is 0.337 e. The molecule has 0 aliphatic heterocycles. The highest BCUT2D eigenvalue weighted by Crippen LogP contribution is 2.24. The Morgan fingerprint density at radius 3 is 2.63 bits per heavy atom. The summed E-state index contributed by atoms with van der Waals surface area (Å²) in [6.45, 7) is 0.379. The molecule has 0 saturated heterocycles. The van der Waals surface area contributed by atoms with Crippen LogP contribution in [0.15, 0.2) is 46.9 Å². The summed E-state index contributed by atoms with van der Waals surface area (Å²) in [7, 11) is 0. The molecule has 0 aromatic heterocycles. The molecule has 19 heavy (non-hydrogen) atoms. The second-order valence-corrected chi connectivity index (χ2v) is 5.09. The van der Waals surface area contributed by atoms with Crippen molar-refractivity contribution < 1.29 is 14.6 Å². The van der Waals surface area contributed by atoms with Gasteiger partial charge in [0.2, 0.25) is 0 Å². The number of ether oxygens (including phenoxy) is 1. The summed E-state index contributed by atoms with van der Waals surface area (Å²) < 4.78 is 6.54. The summed E-state index contributed by atoms with van der Waals surface area (Å²) in [6, 6.07) is 12.2. The highest BCUT2D eigenvalue weighted by atomic mass is 79.9. The van der Waals surface area contributed by atoms with Crippen LogP contribution < -0.4 is 4.74 Å². The zero-order valence-corrected chi connectivity index (χ0v) is 12.1. The molecule has 0 unspecified atom stereocenters. The van der Waals surface area contributed by atoms with Crippen LogP contribution in [0.3, 0.4) is 0 Å². The topological polar surface area (TPSA) is 46.5 Å². The number of rotatable bonds is 4. The minimum Gasteiger partial charge on any atom is -0.489 e. The van der Waals surface area contributed by atoms with E-state index in [4.69, 9.17) is 21.4 Å². The lowest BCUT2D eigenvalue weighted by Crippen LogP contribution is -1.99. The van der Waals surface area contributed by atoms with Gasteiger partial charge in [0.15, 0.2) is 0 Å². The van der Waals surface area contributed by atoms with Gasteiger partial charge in [-0.25, -0.2) is 4.79 Å². The normalized spacial score (nSPS) is 10.2. The Bertz CT molecular complexity index is 613. The first-order valence-corrected chi connectivity index (χ1v) is 6.64. The SMILES string of the molecule is O=C(O)c1ccc(OCc2ccccc2Br)cc1Cl. The van der Waals surface area contributed by atoms with E-state index in [0.717, 1.165) is 10.0 Å². The van der Waals surface area contributed by atoms with Crippen molar-refractivity contribution in [2.24, 2.45) is 0 Å². The summed E-state index contributed by atoms with van der Waals surface area (Å²) in [5, 5.41) is 9.03. The third-order valence-corrected chi connectivity index (χ3v) is 3.61. The minimum atomic E-state index is -1.05. The van der Waals surface area contributed by atoms with E-state index in [9.17, 15) is 4.79 Å². The van der Waals surface area contributed by atoms with Gasteiger partial charge < -0.3 is 9.84 Å². The van der Waals surface area contributed by atoms with Gasteiger partial charge in [-0.3, -0.25) is 0 Å². The predicted octanol–water partition coefficient (Wildman–Crippen LogP) is 4.38. The van der Waals surface area contributed by atoms with E-state index in [1.54, 1.807) is 6.07 Å². The van der Waals surface area contributed by atoms with Gasteiger partial charge in [0.1, 0.15) is 12.4 Å². The van der Waals surface area contributed by atoms with Gasteiger partial charge in [0.05, 0.1) is 10.6 Å². The van der Waals surface area contributed by atoms with Gasteiger partial charge in [-0.15, -0.1) is 0 Å².